The summed E-state index contributed by atoms with van der Waals surface area (Å²) in [5.41, 5.74) is 6.79. The SMILES string of the molecule is COCCc1nc(OC2CCC(NC(=O)c3cnn4c(C5CC5)c(OCC(C)(C)O)ccc34)CC2)c(C(N)=O)s1. The number of carbonyl (C=O) groups excluding carboxylic acids is 2. The Morgan fingerprint density at radius 1 is 1.20 bits per heavy atom. The number of aliphatic hydroxyl groups is 1. The number of hydrogen-bond acceptors (Lipinski definition) is 9. The molecule has 11 nitrogen and oxygen atoms in total. The third-order valence-corrected chi connectivity index (χ3v) is 8.25. The zero-order valence-corrected chi connectivity index (χ0v) is 24.0. The first-order chi connectivity index (χ1) is 19.1. The summed E-state index contributed by atoms with van der Waals surface area (Å²) in [5, 5.41) is 18.5. The Kier molecular flexibility index (Phi) is 8.29. The number of carbonyl (C=O) groups is 2. The maximum absolute atomic E-state index is 13.3. The molecule has 0 spiro atoms. The van der Waals surface area contributed by atoms with Crippen molar-refractivity contribution in [3.63, 3.8) is 0 Å². The normalized spacial score (nSPS) is 19.5. The van der Waals surface area contributed by atoms with E-state index in [4.69, 9.17) is 19.9 Å². The number of thiazole rings is 1. The maximum Gasteiger partial charge on any atom is 0.264 e. The number of rotatable bonds is 12. The van der Waals surface area contributed by atoms with Crippen molar-refractivity contribution in [1.82, 2.24) is 19.9 Å². The molecular weight excluding hydrogens is 534 g/mol. The van der Waals surface area contributed by atoms with Crippen LogP contribution in [0.15, 0.2) is 18.3 Å². The molecule has 40 heavy (non-hydrogen) atoms. The largest absolute Gasteiger partial charge is 0.489 e. The van der Waals surface area contributed by atoms with Crippen molar-refractivity contribution in [2.75, 3.05) is 20.3 Å². The van der Waals surface area contributed by atoms with Gasteiger partial charge in [0.25, 0.3) is 11.8 Å². The second-order valence-electron chi connectivity index (χ2n) is 11.2. The van der Waals surface area contributed by atoms with Crippen molar-refractivity contribution in [2.24, 2.45) is 5.73 Å². The van der Waals surface area contributed by atoms with E-state index in [1.54, 1.807) is 27.2 Å². The van der Waals surface area contributed by atoms with Crippen LogP contribution in [-0.4, -0.2) is 69.6 Å². The molecule has 12 heteroatoms. The second-order valence-corrected chi connectivity index (χ2v) is 12.3. The molecule has 0 aromatic carbocycles. The van der Waals surface area contributed by atoms with Crippen LogP contribution in [0.5, 0.6) is 11.6 Å². The van der Waals surface area contributed by atoms with Gasteiger partial charge in [0.1, 0.15) is 18.5 Å². The maximum atomic E-state index is 13.3. The topological polar surface area (TPSA) is 150 Å². The second kappa shape index (κ2) is 11.7. The predicted octanol–water partition coefficient (Wildman–Crippen LogP) is 3.23. The number of fused-ring (bicyclic) bond motifs is 1. The lowest BCUT2D eigenvalue weighted by Crippen LogP contribution is -2.39. The fourth-order valence-electron chi connectivity index (χ4n) is 4.96. The monoisotopic (exact) mass is 571 g/mol. The molecule has 2 aliphatic carbocycles. The Balaban J connectivity index is 1.21. The van der Waals surface area contributed by atoms with Crippen molar-refractivity contribution in [2.45, 2.75) is 82.5 Å². The van der Waals surface area contributed by atoms with Crippen LogP contribution >= 0.6 is 11.3 Å². The van der Waals surface area contributed by atoms with E-state index >= 15 is 0 Å². The number of primary amides is 1. The molecule has 3 aromatic heterocycles. The van der Waals surface area contributed by atoms with Crippen molar-refractivity contribution < 1.29 is 28.9 Å². The smallest absolute Gasteiger partial charge is 0.264 e. The zero-order valence-electron chi connectivity index (χ0n) is 23.1. The summed E-state index contributed by atoms with van der Waals surface area (Å²) in [6, 6.07) is 3.72. The molecule has 3 heterocycles. The molecule has 2 aliphatic rings. The van der Waals surface area contributed by atoms with Gasteiger partial charge in [-0.25, -0.2) is 9.50 Å². The first-order valence-corrected chi connectivity index (χ1v) is 14.6. The van der Waals surface area contributed by atoms with E-state index in [2.05, 4.69) is 15.4 Å². The quantitative estimate of drug-likeness (QED) is 0.300. The molecule has 4 N–H and O–H groups in total. The number of ether oxygens (including phenoxy) is 3. The molecule has 0 bridgehead atoms. The minimum Gasteiger partial charge on any atom is -0.489 e. The molecule has 0 atom stereocenters. The number of amides is 2. The lowest BCUT2D eigenvalue weighted by molar-refractivity contribution is 0.0279. The number of hydrogen-bond donors (Lipinski definition) is 3. The number of nitrogens with one attached hydrogen (secondary N) is 1. The summed E-state index contributed by atoms with van der Waals surface area (Å²) >= 11 is 1.24. The average molecular weight is 572 g/mol. The third-order valence-electron chi connectivity index (χ3n) is 7.14. The Morgan fingerprint density at radius 3 is 2.60 bits per heavy atom. The van der Waals surface area contributed by atoms with Crippen LogP contribution in [0, 0.1) is 0 Å². The summed E-state index contributed by atoms with van der Waals surface area (Å²) in [4.78, 5) is 30.0. The molecule has 2 amide bonds. The molecule has 3 aromatic rings. The average Bonchev–Trinajstić information content (AvgIpc) is 3.52. The first-order valence-electron chi connectivity index (χ1n) is 13.7. The van der Waals surface area contributed by atoms with Crippen molar-refractivity contribution >= 4 is 28.7 Å². The molecular formula is C28H37N5O6S. The molecule has 216 valence electrons. The number of pyridine rings is 1. The van der Waals surface area contributed by atoms with Crippen LogP contribution < -0.4 is 20.5 Å². The lowest BCUT2D eigenvalue weighted by Gasteiger charge is -2.29. The zero-order chi connectivity index (χ0) is 28.4. The summed E-state index contributed by atoms with van der Waals surface area (Å²) in [5.74, 6) is 0.599. The molecule has 2 saturated carbocycles. The molecule has 5 rings (SSSR count). The van der Waals surface area contributed by atoms with E-state index in [-0.39, 0.29) is 24.7 Å². The highest BCUT2D eigenvalue weighted by Crippen LogP contribution is 2.44. The molecule has 0 saturated heterocycles. The van der Waals surface area contributed by atoms with Gasteiger partial charge in [0.15, 0.2) is 4.88 Å². The Labute approximate surface area is 237 Å². The fourth-order valence-corrected chi connectivity index (χ4v) is 5.79. The highest BCUT2D eigenvalue weighted by atomic mass is 32.1. The van der Waals surface area contributed by atoms with Crippen LogP contribution in [0.25, 0.3) is 5.52 Å². The summed E-state index contributed by atoms with van der Waals surface area (Å²) in [7, 11) is 1.62. The van der Waals surface area contributed by atoms with Gasteiger partial charge >= 0.3 is 0 Å². The van der Waals surface area contributed by atoms with Crippen molar-refractivity contribution in [3.8, 4) is 11.6 Å². The van der Waals surface area contributed by atoms with Gasteiger partial charge in [-0.15, -0.1) is 11.3 Å². The van der Waals surface area contributed by atoms with Gasteiger partial charge in [-0.05, 0) is 64.5 Å². The van der Waals surface area contributed by atoms with Crippen LogP contribution in [0.2, 0.25) is 0 Å². The van der Waals surface area contributed by atoms with Gasteiger partial charge < -0.3 is 30.4 Å². The van der Waals surface area contributed by atoms with E-state index in [1.165, 1.54) is 11.3 Å². The van der Waals surface area contributed by atoms with Gasteiger partial charge in [0.05, 0.1) is 40.2 Å². The van der Waals surface area contributed by atoms with E-state index in [0.717, 1.165) is 54.7 Å². The number of aromatic nitrogens is 3. The van der Waals surface area contributed by atoms with Gasteiger partial charge in [0.2, 0.25) is 5.88 Å². The predicted molar refractivity (Wildman–Crippen MR) is 149 cm³/mol. The Morgan fingerprint density at radius 2 is 1.95 bits per heavy atom. The Hall–Kier alpha value is -3.22. The minimum atomic E-state index is -0.952. The van der Waals surface area contributed by atoms with Crippen molar-refractivity contribution in [1.29, 1.82) is 0 Å². The van der Waals surface area contributed by atoms with Crippen LogP contribution in [0.3, 0.4) is 0 Å². The summed E-state index contributed by atoms with van der Waals surface area (Å²) in [6.45, 7) is 4.08. The highest BCUT2D eigenvalue weighted by Gasteiger charge is 2.32. The van der Waals surface area contributed by atoms with Crippen LogP contribution in [0.4, 0.5) is 0 Å². The number of nitrogens with two attached hydrogens (primary N) is 1. The third kappa shape index (κ3) is 6.56. The van der Waals surface area contributed by atoms with E-state index in [9.17, 15) is 14.7 Å². The lowest BCUT2D eigenvalue weighted by atomic mass is 9.92. The van der Waals surface area contributed by atoms with Gasteiger partial charge in [0, 0.05) is 25.5 Å². The fraction of sp³-hybridized carbons (Fsp3) is 0.571. The summed E-state index contributed by atoms with van der Waals surface area (Å²) in [6.07, 6.45) is 7.10. The molecule has 0 aliphatic heterocycles. The minimum absolute atomic E-state index is 0.00269. The van der Waals surface area contributed by atoms with E-state index in [1.807, 2.05) is 16.6 Å². The molecule has 0 unspecified atom stereocenters. The van der Waals surface area contributed by atoms with Crippen LogP contribution in [-0.2, 0) is 11.2 Å². The number of methoxy groups -OCH3 is 1. The van der Waals surface area contributed by atoms with Crippen molar-refractivity contribution in [3.05, 3.63) is 39.5 Å². The summed E-state index contributed by atoms with van der Waals surface area (Å²) < 4.78 is 18.9. The van der Waals surface area contributed by atoms with Gasteiger partial charge in [-0.3, -0.25) is 9.59 Å². The number of nitrogens with zero attached hydrogens (tertiary/aromatic N) is 3. The standard InChI is InChI=1S/C28H37N5O6S/c1-28(2,36)15-38-21-11-10-20-19(14-30-33(20)23(21)16-4-5-16)26(35)31-17-6-8-18(9-7-17)39-27-24(25(29)34)40-22(32-27)12-13-37-3/h10-11,14,16-18,36H,4-9,12-13,15H2,1-3H3,(H2,29,34)(H,31,35). The Bertz CT molecular complexity index is 1370. The van der Waals surface area contributed by atoms with Crippen LogP contribution in [0.1, 0.15) is 89.0 Å². The van der Waals surface area contributed by atoms with Gasteiger partial charge in [-0.1, -0.05) is 0 Å². The van der Waals surface area contributed by atoms with E-state index < -0.39 is 11.5 Å². The highest BCUT2D eigenvalue weighted by molar-refractivity contribution is 7.14. The molecule has 2 fully saturated rings. The van der Waals surface area contributed by atoms with E-state index in [0.29, 0.717) is 41.0 Å². The van der Waals surface area contributed by atoms with Gasteiger partial charge in [-0.2, -0.15) is 5.10 Å². The molecule has 0 radical (unpaired) electrons. The first kappa shape index (κ1) is 28.3.